The minimum atomic E-state index is -0.802. The lowest BCUT2D eigenvalue weighted by atomic mass is 10.1. The van der Waals surface area contributed by atoms with Crippen molar-refractivity contribution in [1.29, 1.82) is 0 Å². The Balaban J connectivity index is 1.62. The fourth-order valence-electron chi connectivity index (χ4n) is 2.55. The average molecular weight is 337 g/mol. The van der Waals surface area contributed by atoms with Gasteiger partial charge in [0.15, 0.2) is 0 Å². The molecule has 0 saturated carbocycles. The summed E-state index contributed by atoms with van der Waals surface area (Å²) in [6.07, 6.45) is 0.815. The van der Waals surface area contributed by atoms with Gasteiger partial charge in [0, 0.05) is 12.1 Å². The molecule has 1 aromatic heterocycles. The fourth-order valence-corrected chi connectivity index (χ4v) is 2.55. The number of benzene rings is 2. The van der Waals surface area contributed by atoms with Gasteiger partial charge in [-0.15, -0.1) is 0 Å². The second-order valence-corrected chi connectivity index (χ2v) is 5.53. The van der Waals surface area contributed by atoms with Gasteiger partial charge in [0.2, 0.25) is 0 Å². The van der Waals surface area contributed by atoms with Crippen LogP contribution >= 0.6 is 0 Å². The molecule has 0 aliphatic rings. The third kappa shape index (κ3) is 3.89. The van der Waals surface area contributed by atoms with E-state index in [1.54, 1.807) is 30.5 Å². The van der Waals surface area contributed by atoms with Gasteiger partial charge in [-0.1, -0.05) is 36.4 Å². The zero-order chi connectivity index (χ0) is 17.6. The first-order valence-corrected chi connectivity index (χ1v) is 7.92. The predicted molar refractivity (Wildman–Crippen MR) is 94.4 cm³/mol. The van der Waals surface area contributed by atoms with Crippen LogP contribution in [0.25, 0.3) is 11.3 Å². The van der Waals surface area contributed by atoms with Crippen LogP contribution in [0, 0.1) is 0 Å². The van der Waals surface area contributed by atoms with E-state index in [9.17, 15) is 9.90 Å². The van der Waals surface area contributed by atoms with Gasteiger partial charge in [-0.3, -0.25) is 4.79 Å². The molecular formula is C20H19NO4. The first-order valence-electron chi connectivity index (χ1n) is 7.92. The summed E-state index contributed by atoms with van der Waals surface area (Å²) in [7, 11) is 1.52. The van der Waals surface area contributed by atoms with Crippen LogP contribution in [0.3, 0.4) is 0 Å². The number of nitrogens with one attached hydrogen (secondary N) is 1. The highest BCUT2D eigenvalue weighted by Crippen LogP contribution is 2.22. The Morgan fingerprint density at radius 3 is 2.56 bits per heavy atom. The van der Waals surface area contributed by atoms with Crippen LogP contribution < -0.4 is 10.1 Å². The third-order valence-electron chi connectivity index (χ3n) is 3.91. The Hall–Kier alpha value is -3.05. The number of carbonyl (C=O) groups is 1. The topological polar surface area (TPSA) is 71.7 Å². The Morgan fingerprint density at radius 2 is 1.88 bits per heavy atom. The van der Waals surface area contributed by atoms with E-state index >= 15 is 0 Å². The summed E-state index contributed by atoms with van der Waals surface area (Å²) in [5.74, 6) is 0.978. The van der Waals surface area contributed by atoms with Gasteiger partial charge in [0.25, 0.3) is 5.91 Å². The molecule has 1 unspecified atom stereocenters. The quantitative estimate of drug-likeness (QED) is 0.723. The molecule has 0 aliphatic heterocycles. The molecule has 25 heavy (non-hydrogen) atoms. The summed E-state index contributed by atoms with van der Waals surface area (Å²) in [6, 6.07) is 18.0. The van der Waals surface area contributed by atoms with Crippen LogP contribution in [0.15, 0.2) is 71.3 Å². The van der Waals surface area contributed by atoms with Crippen molar-refractivity contribution in [2.24, 2.45) is 0 Å². The van der Waals surface area contributed by atoms with E-state index in [-0.39, 0.29) is 12.5 Å². The first-order chi connectivity index (χ1) is 12.2. The summed E-state index contributed by atoms with van der Waals surface area (Å²) in [4.78, 5) is 12.3. The molecule has 0 fully saturated rings. The summed E-state index contributed by atoms with van der Waals surface area (Å²) in [5, 5.41) is 13.0. The molecule has 0 saturated heterocycles. The summed E-state index contributed by atoms with van der Waals surface area (Å²) in [5.41, 5.74) is 2.08. The van der Waals surface area contributed by atoms with Gasteiger partial charge in [-0.05, 0) is 29.8 Å². The van der Waals surface area contributed by atoms with E-state index in [2.05, 4.69) is 5.32 Å². The van der Waals surface area contributed by atoms with Crippen molar-refractivity contribution in [3.8, 4) is 17.1 Å². The highest BCUT2D eigenvalue weighted by molar-refractivity contribution is 5.96. The first kappa shape index (κ1) is 16.8. The normalized spacial score (nSPS) is 11.8. The minimum absolute atomic E-state index is 0.108. The van der Waals surface area contributed by atoms with Gasteiger partial charge in [0.05, 0.1) is 25.0 Å². The number of aliphatic hydroxyl groups is 1. The summed E-state index contributed by atoms with van der Waals surface area (Å²) in [6.45, 7) is 0.108. The van der Waals surface area contributed by atoms with Crippen molar-refractivity contribution in [1.82, 2.24) is 5.32 Å². The molecule has 0 aliphatic carbocycles. The zero-order valence-electron chi connectivity index (χ0n) is 13.8. The highest BCUT2D eigenvalue weighted by Gasteiger charge is 2.14. The van der Waals surface area contributed by atoms with Crippen LogP contribution in [-0.2, 0) is 0 Å². The van der Waals surface area contributed by atoms with Gasteiger partial charge < -0.3 is 19.6 Å². The smallest absolute Gasteiger partial charge is 0.255 e. The molecule has 0 radical (unpaired) electrons. The number of methoxy groups -OCH3 is 1. The van der Waals surface area contributed by atoms with E-state index < -0.39 is 6.10 Å². The molecule has 0 bridgehead atoms. The number of carbonyl (C=O) groups excluding carboxylic acids is 1. The van der Waals surface area contributed by atoms with E-state index in [1.807, 2.05) is 36.4 Å². The Morgan fingerprint density at radius 1 is 1.12 bits per heavy atom. The maximum atomic E-state index is 12.3. The number of ether oxygens (including phenoxy) is 1. The minimum Gasteiger partial charge on any atom is -0.496 e. The van der Waals surface area contributed by atoms with Crippen molar-refractivity contribution < 1.29 is 19.1 Å². The van der Waals surface area contributed by atoms with Crippen LogP contribution in [0.4, 0.5) is 0 Å². The lowest BCUT2D eigenvalue weighted by Crippen LogP contribution is -2.28. The van der Waals surface area contributed by atoms with Crippen LogP contribution in [-0.4, -0.2) is 24.7 Å². The second-order valence-electron chi connectivity index (χ2n) is 5.53. The molecule has 128 valence electrons. The third-order valence-corrected chi connectivity index (χ3v) is 3.91. The van der Waals surface area contributed by atoms with Gasteiger partial charge in [0.1, 0.15) is 11.5 Å². The van der Waals surface area contributed by atoms with Gasteiger partial charge in [-0.2, -0.15) is 0 Å². The predicted octanol–water partition coefficient (Wildman–Crippen LogP) is 3.42. The SMILES string of the molecule is COc1ccccc1C(=O)NCC(O)c1ccc(-c2ccco2)cc1. The molecule has 5 heteroatoms. The number of hydrogen-bond donors (Lipinski definition) is 2. The number of amides is 1. The largest absolute Gasteiger partial charge is 0.496 e. The molecule has 1 heterocycles. The Kier molecular flexibility index (Phi) is 5.16. The maximum absolute atomic E-state index is 12.3. The molecular weight excluding hydrogens is 318 g/mol. The Labute approximate surface area is 145 Å². The molecule has 3 rings (SSSR count). The Bertz CT molecular complexity index is 825. The number of rotatable bonds is 6. The van der Waals surface area contributed by atoms with Crippen LogP contribution in [0.2, 0.25) is 0 Å². The average Bonchev–Trinajstić information content (AvgIpc) is 3.20. The molecule has 5 nitrogen and oxygen atoms in total. The van der Waals surface area contributed by atoms with Gasteiger partial charge in [-0.25, -0.2) is 0 Å². The molecule has 1 atom stereocenters. The van der Waals surface area contributed by atoms with Crippen molar-refractivity contribution in [2.45, 2.75) is 6.10 Å². The van der Waals surface area contributed by atoms with Crippen molar-refractivity contribution in [3.63, 3.8) is 0 Å². The van der Waals surface area contributed by atoms with Crippen molar-refractivity contribution >= 4 is 5.91 Å². The molecule has 0 spiro atoms. The molecule has 3 aromatic rings. The lowest BCUT2D eigenvalue weighted by Gasteiger charge is -2.14. The highest BCUT2D eigenvalue weighted by atomic mass is 16.5. The van der Waals surface area contributed by atoms with E-state index in [1.165, 1.54) is 7.11 Å². The number of hydrogen-bond acceptors (Lipinski definition) is 4. The van der Waals surface area contributed by atoms with Crippen molar-refractivity contribution in [2.75, 3.05) is 13.7 Å². The monoisotopic (exact) mass is 337 g/mol. The van der Waals surface area contributed by atoms with E-state index in [4.69, 9.17) is 9.15 Å². The fraction of sp³-hybridized carbons (Fsp3) is 0.150. The van der Waals surface area contributed by atoms with Gasteiger partial charge >= 0.3 is 0 Å². The summed E-state index contributed by atoms with van der Waals surface area (Å²) < 4.78 is 10.5. The lowest BCUT2D eigenvalue weighted by molar-refractivity contribution is 0.0913. The maximum Gasteiger partial charge on any atom is 0.255 e. The van der Waals surface area contributed by atoms with Crippen LogP contribution in [0.1, 0.15) is 22.0 Å². The second kappa shape index (κ2) is 7.68. The zero-order valence-corrected chi connectivity index (χ0v) is 13.8. The van der Waals surface area contributed by atoms with Crippen molar-refractivity contribution in [3.05, 3.63) is 78.1 Å². The molecule has 1 amide bonds. The number of aliphatic hydroxyl groups excluding tert-OH is 1. The molecule has 2 aromatic carbocycles. The number of para-hydroxylation sites is 1. The number of furan rings is 1. The van der Waals surface area contributed by atoms with Crippen LogP contribution in [0.5, 0.6) is 5.75 Å². The van der Waals surface area contributed by atoms with E-state index in [0.717, 1.165) is 16.9 Å². The standard InChI is InChI=1S/C20H19NO4/c1-24-19-6-3-2-5-16(19)20(23)21-13-17(22)14-8-10-15(11-9-14)18-7-4-12-25-18/h2-12,17,22H,13H2,1H3,(H,21,23). The van der Waals surface area contributed by atoms with E-state index in [0.29, 0.717) is 11.3 Å². The summed E-state index contributed by atoms with van der Waals surface area (Å²) >= 11 is 0. The molecule has 2 N–H and O–H groups in total.